The van der Waals surface area contributed by atoms with Crippen LogP contribution in [0.3, 0.4) is 0 Å². The zero-order chi connectivity index (χ0) is 13.2. The fourth-order valence-corrected chi connectivity index (χ4v) is 3.12. The molecule has 0 amide bonds. The average molecular weight is 269 g/mol. The second-order valence-electron chi connectivity index (χ2n) is 4.49. The number of nitrogens with two attached hydrogens (primary N) is 1. The lowest BCUT2D eigenvalue weighted by molar-refractivity contribution is 0.646. The Morgan fingerprint density at radius 3 is 2.63 bits per heavy atom. The number of benzene rings is 2. The van der Waals surface area contributed by atoms with Crippen LogP contribution in [0, 0.1) is 6.92 Å². The molecule has 3 aromatic rings. The first kappa shape index (κ1) is 12.3. The van der Waals surface area contributed by atoms with E-state index in [-0.39, 0.29) is 6.04 Å². The third-order valence-corrected chi connectivity index (χ3v) is 4.17. The lowest BCUT2D eigenvalue weighted by atomic mass is 10.0. The largest absolute Gasteiger partial charge is 0.271 e. The summed E-state index contributed by atoms with van der Waals surface area (Å²) in [6.45, 7) is 2.00. The standard InChI is InChI=1S/C15H15N3S/c1-10-17-9-14(19-10)15(18-16)13-7-6-11-4-2-3-5-12(11)8-13/h2-9,15,18H,16H2,1H3. The van der Waals surface area contributed by atoms with Gasteiger partial charge < -0.3 is 0 Å². The van der Waals surface area contributed by atoms with Gasteiger partial charge in [-0.3, -0.25) is 5.84 Å². The van der Waals surface area contributed by atoms with Crippen LogP contribution in [0.15, 0.2) is 48.7 Å². The number of hydrogen-bond donors (Lipinski definition) is 2. The molecule has 1 unspecified atom stereocenters. The molecule has 0 fully saturated rings. The third kappa shape index (κ3) is 2.38. The third-order valence-electron chi connectivity index (χ3n) is 3.20. The van der Waals surface area contributed by atoms with Crippen molar-refractivity contribution >= 4 is 22.1 Å². The van der Waals surface area contributed by atoms with Gasteiger partial charge in [-0.2, -0.15) is 0 Å². The maximum Gasteiger partial charge on any atom is 0.0897 e. The Kier molecular flexibility index (Phi) is 3.29. The minimum Gasteiger partial charge on any atom is -0.271 e. The summed E-state index contributed by atoms with van der Waals surface area (Å²) in [5.74, 6) is 5.72. The molecule has 3 rings (SSSR count). The van der Waals surface area contributed by atoms with Gasteiger partial charge in [-0.05, 0) is 29.3 Å². The molecular formula is C15H15N3S. The highest BCUT2D eigenvalue weighted by Crippen LogP contribution is 2.28. The maximum absolute atomic E-state index is 5.72. The Bertz CT molecular complexity index is 705. The van der Waals surface area contributed by atoms with Crippen LogP contribution < -0.4 is 11.3 Å². The highest BCUT2D eigenvalue weighted by atomic mass is 32.1. The molecule has 19 heavy (non-hydrogen) atoms. The highest BCUT2D eigenvalue weighted by Gasteiger charge is 2.15. The van der Waals surface area contributed by atoms with E-state index in [9.17, 15) is 0 Å². The van der Waals surface area contributed by atoms with Gasteiger partial charge in [0.05, 0.1) is 11.0 Å². The van der Waals surface area contributed by atoms with Crippen molar-refractivity contribution < 1.29 is 0 Å². The Hall–Kier alpha value is -1.75. The molecule has 1 heterocycles. The van der Waals surface area contributed by atoms with E-state index in [1.807, 2.05) is 25.3 Å². The van der Waals surface area contributed by atoms with E-state index in [0.29, 0.717) is 0 Å². The number of thiazole rings is 1. The molecular weight excluding hydrogens is 254 g/mol. The van der Waals surface area contributed by atoms with Crippen molar-refractivity contribution in [3.8, 4) is 0 Å². The predicted molar refractivity (Wildman–Crippen MR) is 80.0 cm³/mol. The molecule has 0 spiro atoms. The van der Waals surface area contributed by atoms with Crippen LogP contribution in [-0.2, 0) is 0 Å². The number of nitrogens with one attached hydrogen (secondary N) is 1. The number of fused-ring (bicyclic) bond motifs is 1. The molecule has 3 nitrogen and oxygen atoms in total. The predicted octanol–water partition coefficient (Wildman–Crippen LogP) is 3.16. The Morgan fingerprint density at radius 2 is 1.95 bits per heavy atom. The van der Waals surface area contributed by atoms with Crippen molar-refractivity contribution in [3.05, 3.63) is 64.1 Å². The molecule has 0 radical (unpaired) electrons. The Balaban J connectivity index is 2.06. The SMILES string of the molecule is Cc1ncc(C(NN)c2ccc3ccccc3c2)s1. The van der Waals surface area contributed by atoms with Gasteiger partial charge in [-0.1, -0.05) is 36.4 Å². The van der Waals surface area contributed by atoms with Gasteiger partial charge in [-0.15, -0.1) is 11.3 Å². The van der Waals surface area contributed by atoms with Crippen molar-refractivity contribution in [2.75, 3.05) is 0 Å². The number of hydrogen-bond acceptors (Lipinski definition) is 4. The van der Waals surface area contributed by atoms with Crippen LogP contribution in [0.2, 0.25) is 0 Å². The van der Waals surface area contributed by atoms with Gasteiger partial charge in [0.2, 0.25) is 0 Å². The van der Waals surface area contributed by atoms with Gasteiger partial charge in [0.1, 0.15) is 0 Å². The van der Waals surface area contributed by atoms with E-state index in [1.54, 1.807) is 11.3 Å². The molecule has 0 saturated heterocycles. The Morgan fingerprint density at radius 1 is 1.16 bits per heavy atom. The van der Waals surface area contributed by atoms with E-state index in [4.69, 9.17) is 5.84 Å². The molecule has 3 N–H and O–H groups in total. The minimum absolute atomic E-state index is 0.00388. The van der Waals surface area contributed by atoms with Crippen molar-refractivity contribution in [1.29, 1.82) is 0 Å². The summed E-state index contributed by atoms with van der Waals surface area (Å²) in [6.07, 6.45) is 1.89. The van der Waals surface area contributed by atoms with E-state index in [1.165, 1.54) is 10.8 Å². The van der Waals surface area contributed by atoms with Gasteiger partial charge in [0, 0.05) is 11.1 Å². The number of aryl methyl sites for hydroxylation is 1. The molecule has 0 aliphatic rings. The highest BCUT2D eigenvalue weighted by molar-refractivity contribution is 7.11. The van der Waals surface area contributed by atoms with Gasteiger partial charge in [0.15, 0.2) is 0 Å². The number of nitrogens with zero attached hydrogens (tertiary/aromatic N) is 1. The first-order valence-electron chi connectivity index (χ1n) is 6.15. The maximum atomic E-state index is 5.72. The number of hydrazine groups is 1. The van der Waals surface area contributed by atoms with Gasteiger partial charge >= 0.3 is 0 Å². The lowest BCUT2D eigenvalue weighted by Gasteiger charge is -2.15. The normalized spacial score (nSPS) is 12.7. The summed E-state index contributed by atoms with van der Waals surface area (Å²) >= 11 is 1.67. The fraction of sp³-hybridized carbons (Fsp3) is 0.133. The van der Waals surface area contributed by atoms with Crippen LogP contribution in [0.5, 0.6) is 0 Å². The number of aromatic nitrogens is 1. The van der Waals surface area contributed by atoms with Crippen molar-refractivity contribution in [2.24, 2.45) is 5.84 Å². The molecule has 0 bridgehead atoms. The monoisotopic (exact) mass is 269 g/mol. The van der Waals surface area contributed by atoms with Crippen LogP contribution in [-0.4, -0.2) is 4.98 Å². The summed E-state index contributed by atoms with van der Waals surface area (Å²) in [7, 11) is 0. The molecule has 2 aromatic carbocycles. The minimum atomic E-state index is -0.00388. The summed E-state index contributed by atoms with van der Waals surface area (Å²) < 4.78 is 0. The molecule has 1 atom stereocenters. The van der Waals surface area contributed by atoms with Crippen LogP contribution in [0.25, 0.3) is 10.8 Å². The quantitative estimate of drug-likeness (QED) is 0.567. The summed E-state index contributed by atoms with van der Waals surface area (Å²) in [4.78, 5) is 5.43. The second-order valence-corrected chi connectivity index (χ2v) is 5.75. The average Bonchev–Trinajstić information content (AvgIpc) is 2.86. The fourth-order valence-electron chi connectivity index (χ4n) is 2.24. The first-order valence-corrected chi connectivity index (χ1v) is 6.97. The molecule has 0 aliphatic carbocycles. The van der Waals surface area contributed by atoms with Gasteiger partial charge in [0.25, 0.3) is 0 Å². The second kappa shape index (κ2) is 5.09. The van der Waals surface area contributed by atoms with Crippen molar-refractivity contribution in [1.82, 2.24) is 10.4 Å². The zero-order valence-corrected chi connectivity index (χ0v) is 11.4. The van der Waals surface area contributed by atoms with E-state index >= 15 is 0 Å². The van der Waals surface area contributed by atoms with Crippen molar-refractivity contribution in [3.63, 3.8) is 0 Å². The number of rotatable bonds is 3. The van der Waals surface area contributed by atoms with Crippen LogP contribution in [0.4, 0.5) is 0 Å². The smallest absolute Gasteiger partial charge is 0.0897 e. The Labute approximate surface area is 116 Å². The van der Waals surface area contributed by atoms with E-state index < -0.39 is 0 Å². The zero-order valence-electron chi connectivity index (χ0n) is 10.6. The lowest BCUT2D eigenvalue weighted by Crippen LogP contribution is -2.28. The molecule has 0 saturated carbocycles. The first-order chi connectivity index (χ1) is 9.28. The molecule has 1 aromatic heterocycles. The van der Waals surface area contributed by atoms with Crippen LogP contribution >= 0.6 is 11.3 Å². The van der Waals surface area contributed by atoms with Gasteiger partial charge in [-0.25, -0.2) is 10.4 Å². The summed E-state index contributed by atoms with van der Waals surface area (Å²) in [5, 5.41) is 3.51. The van der Waals surface area contributed by atoms with E-state index in [2.05, 4.69) is 40.7 Å². The van der Waals surface area contributed by atoms with Crippen LogP contribution in [0.1, 0.15) is 21.5 Å². The molecule has 4 heteroatoms. The molecule has 0 aliphatic heterocycles. The summed E-state index contributed by atoms with van der Waals surface area (Å²) in [6, 6.07) is 14.7. The topological polar surface area (TPSA) is 50.9 Å². The van der Waals surface area contributed by atoms with Crippen molar-refractivity contribution in [2.45, 2.75) is 13.0 Å². The molecule has 96 valence electrons. The summed E-state index contributed by atoms with van der Waals surface area (Å²) in [5.41, 5.74) is 4.04. The van der Waals surface area contributed by atoms with E-state index in [0.717, 1.165) is 15.4 Å².